The smallest absolute Gasteiger partial charge is 0.258 e. The molecule has 0 saturated carbocycles. The molecule has 0 aliphatic heterocycles. The average Bonchev–Trinajstić information content (AvgIpc) is 3.17. The summed E-state index contributed by atoms with van der Waals surface area (Å²) in [7, 11) is 3.04. The first-order valence-electron chi connectivity index (χ1n) is 7.91. The fourth-order valence-corrected chi connectivity index (χ4v) is 2.65. The quantitative estimate of drug-likeness (QED) is 0.758. The van der Waals surface area contributed by atoms with Crippen molar-refractivity contribution in [1.82, 2.24) is 20.2 Å². The molecule has 0 bridgehead atoms. The summed E-state index contributed by atoms with van der Waals surface area (Å²) in [6, 6.07) is 9.09. The number of hydrogen-bond donors (Lipinski definition) is 1. The lowest BCUT2D eigenvalue weighted by molar-refractivity contribution is 0.102. The van der Waals surface area contributed by atoms with Crippen molar-refractivity contribution in [2.75, 3.05) is 19.5 Å². The van der Waals surface area contributed by atoms with E-state index >= 15 is 0 Å². The zero-order valence-electron chi connectivity index (χ0n) is 15.0. The van der Waals surface area contributed by atoms with E-state index in [9.17, 15) is 4.79 Å². The van der Waals surface area contributed by atoms with Crippen LogP contribution < -0.4 is 14.8 Å². The molecule has 3 aromatic rings. The summed E-state index contributed by atoms with van der Waals surface area (Å²) >= 11 is 0. The van der Waals surface area contributed by atoms with Crippen LogP contribution in [-0.4, -0.2) is 40.3 Å². The van der Waals surface area contributed by atoms with Crippen LogP contribution in [0.5, 0.6) is 11.5 Å². The molecule has 134 valence electrons. The Labute approximate surface area is 150 Å². The number of methoxy groups -OCH3 is 2. The summed E-state index contributed by atoms with van der Waals surface area (Å²) in [5.41, 5.74) is 3.67. The van der Waals surface area contributed by atoms with E-state index in [0.29, 0.717) is 22.7 Å². The van der Waals surface area contributed by atoms with Gasteiger partial charge in [-0.2, -0.15) is 4.68 Å². The summed E-state index contributed by atoms with van der Waals surface area (Å²) in [5.74, 6) is 0.611. The number of carbonyl (C=O) groups excluding carboxylic acids is 1. The predicted molar refractivity (Wildman–Crippen MR) is 96.1 cm³/mol. The van der Waals surface area contributed by atoms with Crippen molar-refractivity contribution in [3.05, 3.63) is 53.3 Å². The van der Waals surface area contributed by atoms with Crippen LogP contribution in [0.1, 0.15) is 21.5 Å². The van der Waals surface area contributed by atoms with Gasteiger partial charge in [-0.3, -0.25) is 4.79 Å². The highest BCUT2D eigenvalue weighted by atomic mass is 16.5. The number of amides is 1. The van der Waals surface area contributed by atoms with Gasteiger partial charge < -0.3 is 14.8 Å². The summed E-state index contributed by atoms with van der Waals surface area (Å²) < 4.78 is 12.0. The molecule has 1 heterocycles. The highest BCUT2D eigenvalue weighted by Gasteiger charge is 2.19. The van der Waals surface area contributed by atoms with Gasteiger partial charge in [0.15, 0.2) is 11.5 Å². The van der Waals surface area contributed by atoms with Gasteiger partial charge in [-0.1, -0.05) is 17.7 Å². The Balaban J connectivity index is 2.05. The van der Waals surface area contributed by atoms with Gasteiger partial charge in [-0.15, -0.1) is 5.10 Å². The molecular weight excluding hydrogens is 334 g/mol. The van der Waals surface area contributed by atoms with Crippen LogP contribution in [0.15, 0.2) is 36.7 Å². The molecule has 0 fully saturated rings. The number of benzene rings is 2. The first-order valence-corrected chi connectivity index (χ1v) is 7.91. The molecule has 0 unspecified atom stereocenters. The lowest BCUT2D eigenvalue weighted by Gasteiger charge is -2.15. The SMILES string of the molecule is COc1cc(C(=O)Nc2ccc(C)cc2C)c(-n2cnnn2)cc1OC. The maximum absolute atomic E-state index is 12.9. The van der Waals surface area contributed by atoms with E-state index < -0.39 is 0 Å². The minimum atomic E-state index is -0.302. The number of nitrogens with zero attached hydrogens (tertiary/aromatic N) is 4. The number of carbonyl (C=O) groups is 1. The normalized spacial score (nSPS) is 10.5. The minimum Gasteiger partial charge on any atom is -0.493 e. The standard InChI is InChI=1S/C18H19N5O3/c1-11-5-6-14(12(2)7-11)20-18(24)13-8-16(25-3)17(26-4)9-15(13)23-10-19-21-22-23/h5-10H,1-4H3,(H,20,24). The summed E-state index contributed by atoms with van der Waals surface area (Å²) in [4.78, 5) is 12.9. The van der Waals surface area contributed by atoms with Crippen LogP contribution in [0.3, 0.4) is 0 Å². The summed E-state index contributed by atoms with van der Waals surface area (Å²) in [5, 5.41) is 14.1. The second-order valence-electron chi connectivity index (χ2n) is 5.75. The minimum absolute atomic E-state index is 0.302. The monoisotopic (exact) mass is 353 g/mol. The number of hydrogen-bond acceptors (Lipinski definition) is 6. The number of aryl methyl sites for hydroxylation is 2. The number of nitrogens with one attached hydrogen (secondary N) is 1. The van der Waals surface area contributed by atoms with Gasteiger partial charge in [0.2, 0.25) is 0 Å². The number of anilines is 1. The van der Waals surface area contributed by atoms with Crippen molar-refractivity contribution >= 4 is 11.6 Å². The number of ether oxygens (including phenoxy) is 2. The fraction of sp³-hybridized carbons (Fsp3) is 0.222. The van der Waals surface area contributed by atoms with E-state index in [1.54, 1.807) is 12.1 Å². The molecule has 26 heavy (non-hydrogen) atoms. The van der Waals surface area contributed by atoms with Gasteiger partial charge >= 0.3 is 0 Å². The maximum atomic E-state index is 12.9. The molecular formula is C18H19N5O3. The molecule has 0 aliphatic rings. The highest BCUT2D eigenvalue weighted by molar-refractivity contribution is 6.07. The van der Waals surface area contributed by atoms with E-state index in [0.717, 1.165) is 16.8 Å². The number of tetrazole rings is 1. The molecule has 0 radical (unpaired) electrons. The predicted octanol–water partition coefficient (Wildman–Crippen LogP) is 2.55. The number of rotatable bonds is 5. The van der Waals surface area contributed by atoms with Crippen LogP contribution in [0.2, 0.25) is 0 Å². The first-order chi connectivity index (χ1) is 12.5. The van der Waals surface area contributed by atoms with Gasteiger partial charge in [0.1, 0.15) is 6.33 Å². The van der Waals surface area contributed by atoms with Gasteiger partial charge in [0.05, 0.1) is 25.5 Å². The van der Waals surface area contributed by atoms with E-state index in [-0.39, 0.29) is 5.91 Å². The molecule has 8 nitrogen and oxygen atoms in total. The molecule has 1 aromatic heterocycles. The Morgan fingerprint density at radius 1 is 1.08 bits per heavy atom. The van der Waals surface area contributed by atoms with Crippen LogP contribution >= 0.6 is 0 Å². The lowest BCUT2D eigenvalue weighted by atomic mass is 10.1. The fourth-order valence-electron chi connectivity index (χ4n) is 2.65. The summed E-state index contributed by atoms with van der Waals surface area (Å²) in [6.45, 7) is 3.95. The van der Waals surface area contributed by atoms with Gasteiger partial charge in [-0.25, -0.2) is 0 Å². The maximum Gasteiger partial charge on any atom is 0.258 e. The zero-order valence-corrected chi connectivity index (χ0v) is 15.0. The Hall–Kier alpha value is -3.42. The molecule has 0 saturated heterocycles. The summed E-state index contributed by atoms with van der Waals surface area (Å²) in [6.07, 6.45) is 1.41. The van der Waals surface area contributed by atoms with Crippen molar-refractivity contribution in [3.63, 3.8) is 0 Å². The molecule has 1 amide bonds. The lowest BCUT2D eigenvalue weighted by Crippen LogP contribution is -2.16. The van der Waals surface area contributed by atoms with Gasteiger partial charge in [-0.05, 0) is 42.0 Å². The second kappa shape index (κ2) is 7.22. The van der Waals surface area contributed by atoms with Crippen molar-refractivity contribution in [2.24, 2.45) is 0 Å². The van der Waals surface area contributed by atoms with E-state index in [4.69, 9.17) is 9.47 Å². The van der Waals surface area contributed by atoms with Crippen LogP contribution in [0.25, 0.3) is 5.69 Å². The van der Waals surface area contributed by atoms with E-state index in [2.05, 4.69) is 20.8 Å². The van der Waals surface area contributed by atoms with E-state index in [1.165, 1.54) is 25.2 Å². The molecule has 8 heteroatoms. The largest absolute Gasteiger partial charge is 0.493 e. The molecule has 1 N–H and O–H groups in total. The first kappa shape index (κ1) is 17.4. The van der Waals surface area contributed by atoms with Crippen molar-refractivity contribution in [3.8, 4) is 17.2 Å². The Kier molecular flexibility index (Phi) is 4.83. The average molecular weight is 353 g/mol. The molecule has 2 aromatic carbocycles. The third-order valence-electron chi connectivity index (χ3n) is 3.97. The topological polar surface area (TPSA) is 91.2 Å². The molecule has 0 aliphatic carbocycles. The molecule has 3 rings (SSSR count). The van der Waals surface area contributed by atoms with E-state index in [1.807, 2.05) is 32.0 Å². The van der Waals surface area contributed by atoms with Crippen LogP contribution in [0.4, 0.5) is 5.69 Å². The van der Waals surface area contributed by atoms with Crippen LogP contribution in [0, 0.1) is 13.8 Å². The van der Waals surface area contributed by atoms with Gasteiger partial charge in [0.25, 0.3) is 5.91 Å². The highest BCUT2D eigenvalue weighted by Crippen LogP contribution is 2.32. The zero-order chi connectivity index (χ0) is 18.7. The van der Waals surface area contributed by atoms with Crippen molar-refractivity contribution < 1.29 is 14.3 Å². The number of aromatic nitrogens is 4. The third-order valence-corrected chi connectivity index (χ3v) is 3.97. The molecule has 0 atom stereocenters. The van der Waals surface area contributed by atoms with Crippen LogP contribution in [-0.2, 0) is 0 Å². The third kappa shape index (κ3) is 3.34. The van der Waals surface area contributed by atoms with Gasteiger partial charge in [0, 0.05) is 11.8 Å². The van der Waals surface area contributed by atoms with Crippen molar-refractivity contribution in [2.45, 2.75) is 13.8 Å². The molecule has 0 spiro atoms. The Morgan fingerprint density at radius 3 is 2.42 bits per heavy atom. The Morgan fingerprint density at radius 2 is 1.81 bits per heavy atom. The van der Waals surface area contributed by atoms with Crippen molar-refractivity contribution in [1.29, 1.82) is 0 Å². The second-order valence-corrected chi connectivity index (χ2v) is 5.75. The Bertz CT molecular complexity index is 938.